The lowest BCUT2D eigenvalue weighted by Crippen LogP contribution is -2.27. The number of hydrogen-bond acceptors (Lipinski definition) is 4. The molecule has 23 heavy (non-hydrogen) atoms. The minimum atomic E-state index is -0.454. The highest BCUT2D eigenvalue weighted by Gasteiger charge is 2.24. The minimum Gasteiger partial charge on any atom is -0.452 e. The van der Waals surface area contributed by atoms with Crippen LogP contribution in [0, 0.1) is 27.7 Å². The normalized spacial score (nSPS) is 10.7. The van der Waals surface area contributed by atoms with Crippen LogP contribution in [0.5, 0.6) is 0 Å². The zero-order valence-electron chi connectivity index (χ0n) is 14.4. The smallest absolute Gasteiger partial charge is 0.341 e. The van der Waals surface area contributed by atoms with Gasteiger partial charge in [0.05, 0.1) is 5.56 Å². The van der Waals surface area contributed by atoms with Crippen molar-refractivity contribution >= 4 is 23.2 Å². The number of carbonyl (C=O) groups is 2. The molecule has 0 N–H and O–H groups in total. The lowest BCUT2D eigenvalue weighted by molar-refractivity contribution is -0.131. The van der Waals surface area contributed by atoms with Crippen LogP contribution in [-0.4, -0.2) is 42.0 Å². The van der Waals surface area contributed by atoms with Gasteiger partial charge < -0.3 is 14.2 Å². The summed E-state index contributed by atoms with van der Waals surface area (Å²) in [5.41, 5.74) is 3.56. The van der Waals surface area contributed by atoms with Crippen molar-refractivity contribution in [1.82, 2.24) is 9.47 Å². The van der Waals surface area contributed by atoms with Crippen LogP contribution in [0.1, 0.15) is 32.2 Å². The largest absolute Gasteiger partial charge is 0.452 e. The molecule has 5 nitrogen and oxygen atoms in total. The van der Waals surface area contributed by atoms with E-state index in [1.807, 2.05) is 39.8 Å². The van der Waals surface area contributed by atoms with Crippen molar-refractivity contribution in [1.29, 1.82) is 0 Å². The van der Waals surface area contributed by atoms with E-state index in [1.165, 1.54) is 4.90 Å². The van der Waals surface area contributed by atoms with Crippen molar-refractivity contribution in [2.45, 2.75) is 27.7 Å². The molecule has 2 heterocycles. The highest BCUT2D eigenvalue weighted by molar-refractivity contribution is 7.15. The first-order valence-corrected chi connectivity index (χ1v) is 8.18. The summed E-state index contributed by atoms with van der Waals surface area (Å²) in [6.45, 7) is 7.65. The van der Waals surface area contributed by atoms with Gasteiger partial charge in [0.1, 0.15) is 5.00 Å². The van der Waals surface area contributed by atoms with Gasteiger partial charge in [-0.05, 0) is 45.4 Å². The van der Waals surface area contributed by atoms with E-state index in [0.717, 1.165) is 26.8 Å². The Labute approximate surface area is 140 Å². The van der Waals surface area contributed by atoms with Gasteiger partial charge in [0, 0.05) is 30.4 Å². The first kappa shape index (κ1) is 17.3. The van der Waals surface area contributed by atoms with Crippen molar-refractivity contribution < 1.29 is 14.3 Å². The van der Waals surface area contributed by atoms with Gasteiger partial charge in [-0.2, -0.15) is 0 Å². The van der Waals surface area contributed by atoms with Crippen LogP contribution in [0.4, 0.5) is 0 Å². The third kappa shape index (κ3) is 3.32. The fourth-order valence-corrected chi connectivity index (χ4v) is 3.59. The summed E-state index contributed by atoms with van der Waals surface area (Å²) in [5, 5.41) is 0.849. The Morgan fingerprint density at radius 3 is 2.22 bits per heavy atom. The van der Waals surface area contributed by atoms with E-state index < -0.39 is 5.97 Å². The molecule has 0 aromatic carbocycles. The van der Waals surface area contributed by atoms with E-state index >= 15 is 0 Å². The second-order valence-corrected chi connectivity index (χ2v) is 6.98. The van der Waals surface area contributed by atoms with Crippen LogP contribution >= 0.6 is 11.3 Å². The molecule has 0 aliphatic rings. The Morgan fingerprint density at radius 1 is 1.13 bits per heavy atom. The molecule has 0 aliphatic heterocycles. The number of nitrogens with zero attached hydrogens (tertiary/aromatic N) is 2. The maximum Gasteiger partial charge on any atom is 0.341 e. The zero-order valence-corrected chi connectivity index (χ0v) is 15.2. The number of hydrogen-bond donors (Lipinski definition) is 0. The molecule has 0 fully saturated rings. The Morgan fingerprint density at radius 2 is 1.70 bits per heavy atom. The summed E-state index contributed by atoms with van der Waals surface area (Å²) < 4.78 is 7.28. The Kier molecular flexibility index (Phi) is 4.94. The van der Waals surface area contributed by atoms with Gasteiger partial charge in [-0.3, -0.25) is 4.79 Å². The maximum atomic E-state index is 12.5. The van der Waals surface area contributed by atoms with E-state index in [9.17, 15) is 9.59 Å². The van der Waals surface area contributed by atoms with Crippen LogP contribution in [-0.2, 0) is 9.53 Å². The summed E-state index contributed by atoms with van der Waals surface area (Å²) >= 11 is 1.56. The molecule has 2 rings (SSSR count). The van der Waals surface area contributed by atoms with Gasteiger partial charge in [0.15, 0.2) is 6.61 Å². The second kappa shape index (κ2) is 6.58. The molecular weight excluding hydrogens is 312 g/mol. The molecule has 0 atom stereocenters. The van der Waals surface area contributed by atoms with Gasteiger partial charge in [-0.15, -0.1) is 11.3 Å². The van der Waals surface area contributed by atoms with E-state index in [-0.39, 0.29) is 12.5 Å². The molecule has 0 saturated carbocycles. The lowest BCUT2D eigenvalue weighted by Gasteiger charge is -2.13. The Bertz CT molecular complexity index is 737. The molecule has 6 heteroatoms. The number of amides is 1. The minimum absolute atomic E-state index is 0.238. The molecule has 0 spiro atoms. The van der Waals surface area contributed by atoms with Crippen LogP contribution in [0.25, 0.3) is 5.00 Å². The van der Waals surface area contributed by atoms with Crippen LogP contribution < -0.4 is 0 Å². The van der Waals surface area contributed by atoms with Crippen molar-refractivity contribution in [2.75, 3.05) is 20.7 Å². The molecule has 0 bridgehead atoms. The molecule has 124 valence electrons. The van der Waals surface area contributed by atoms with E-state index in [4.69, 9.17) is 4.74 Å². The molecule has 2 aromatic rings. The molecule has 0 unspecified atom stereocenters. The average molecular weight is 334 g/mol. The zero-order chi connectivity index (χ0) is 17.3. The number of carbonyl (C=O) groups excluding carboxylic acids is 2. The summed E-state index contributed by atoms with van der Waals surface area (Å²) in [6.07, 6.45) is 0. The first-order chi connectivity index (χ1) is 10.7. The molecular formula is C17H22N2O3S. The fraction of sp³-hybridized carbons (Fsp3) is 0.412. The topological polar surface area (TPSA) is 51.5 Å². The summed E-state index contributed by atoms with van der Waals surface area (Å²) in [4.78, 5) is 26.7. The van der Waals surface area contributed by atoms with Crippen molar-refractivity contribution in [3.8, 4) is 5.00 Å². The fourth-order valence-electron chi connectivity index (χ4n) is 2.32. The van der Waals surface area contributed by atoms with Crippen LogP contribution in [0.3, 0.4) is 0 Å². The molecule has 2 aromatic heterocycles. The van der Waals surface area contributed by atoms with Crippen molar-refractivity contribution in [3.05, 3.63) is 39.5 Å². The summed E-state index contributed by atoms with van der Waals surface area (Å²) in [7, 11) is 3.27. The second-order valence-electron chi connectivity index (χ2n) is 5.78. The summed E-state index contributed by atoms with van der Waals surface area (Å²) in [5.74, 6) is -0.692. The average Bonchev–Trinajstić information content (AvgIpc) is 2.96. The number of esters is 1. The summed E-state index contributed by atoms with van der Waals surface area (Å²) in [6, 6.07) is 4.04. The lowest BCUT2D eigenvalue weighted by atomic mass is 10.1. The number of aryl methyl sites for hydroxylation is 3. The standard InChI is InChI=1S/C17H22N2O3S/c1-10-7-8-11(2)19(10)16-15(12(3)13(4)23-16)17(21)22-9-14(20)18(5)6/h7-8H,9H2,1-6H3. The molecule has 0 aliphatic carbocycles. The van der Waals surface area contributed by atoms with Gasteiger partial charge in [0.25, 0.3) is 5.91 Å². The Hall–Kier alpha value is -2.08. The first-order valence-electron chi connectivity index (χ1n) is 7.36. The maximum absolute atomic E-state index is 12.5. The Balaban J connectivity index is 2.39. The molecule has 0 saturated heterocycles. The molecule has 1 amide bonds. The predicted molar refractivity (Wildman–Crippen MR) is 91.6 cm³/mol. The number of thiophene rings is 1. The number of rotatable bonds is 4. The van der Waals surface area contributed by atoms with E-state index in [0.29, 0.717) is 5.56 Å². The van der Waals surface area contributed by atoms with Crippen molar-refractivity contribution in [2.24, 2.45) is 0 Å². The van der Waals surface area contributed by atoms with Crippen LogP contribution in [0.15, 0.2) is 12.1 Å². The monoisotopic (exact) mass is 334 g/mol. The number of ether oxygens (including phenoxy) is 1. The predicted octanol–water partition coefficient (Wildman–Crippen LogP) is 3.02. The quantitative estimate of drug-likeness (QED) is 0.808. The van der Waals surface area contributed by atoms with Gasteiger partial charge in [-0.1, -0.05) is 0 Å². The van der Waals surface area contributed by atoms with Crippen LogP contribution in [0.2, 0.25) is 0 Å². The number of likely N-dealkylation sites (N-methyl/N-ethyl adjacent to an activating group) is 1. The van der Waals surface area contributed by atoms with Gasteiger partial charge in [-0.25, -0.2) is 4.79 Å². The van der Waals surface area contributed by atoms with Gasteiger partial charge >= 0.3 is 5.97 Å². The SMILES string of the molecule is Cc1sc(-n2c(C)ccc2C)c(C(=O)OCC(=O)N(C)C)c1C. The highest BCUT2D eigenvalue weighted by atomic mass is 32.1. The highest BCUT2D eigenvalue weighted by Crippen LogP contribution is 2.33. The third-order valence-corrected chi connectivity index (χ3v) is 5.06. The van der Waals surface area contributed by atoms with Gasteiger partial charge in [0.2, 0.25) is 0 Å². The van der Waals surface area contributed by atoms with E-state index in [1.54, 1.807) is 25.4 Å². The van der Waals surface area contributed by atoms with Crippen molar-refractivity contribution in [3.63, 3.8) is 0 Å². The third-order valence-electron chi connectivity index (χ3n) is 3.87. The molecule has 0 radical (unpaired) electrons. The van der Waals surface area contributed by atoms with E-state index in [2.05, 4.69) is 4.57 Å². The number of aromatic nitrogens is 1.